The van der Waals surface area contributed by atoms with E-state index in [1.807, 2.05) is 36.4 Å². The Hall–Kier alpha value is -8.61. The van der Waals surface area contributed by atoms with E-state index in [0.717, 1.165) is 99.5 Å². The molecule has 13 aromatic rings. The average Bonchev–Trinajstić information content (AvgIpc) is 4.03. The van der Waals surface area contributed by atoms with Crippen LogP contribution in [0, 0.1) is 0 Å². The van der Waals surface area contributed by atoms with E-state index in [1.165, 1.54) is 10.8 Å². The highest BCUT2D eigenvalue weighted by molar-refractivity contribution is 6.14. The van der Waals surface area contributed by atoms with Crippen molar-refractivity contribution in [2.45, 2.75) is 0 Å². The summed E-state index contributed by atoms with van der Waals surface area (Å²) in [7, 11) is 0. The molecule has 6 nitrogen and oxygen atoms in total. The smallest absolute Gasteiger partial charge is 0.164 e. The molecule has 4 aromatic heterocycles. The summed E-state index contributed by atoms with van der Waals surface area (Å²) < 4.78 is 15.6. The molecule has 294 valence electrons. The van der Waals surface area contributed by atoms with Crippen LogP contribution in [0.3, 0.4) is 0 Å². The van der Waals surface area contributed by atoms with Crippen molar-refractivity contribution in [3.63, 3.8) is 0 Å². The lowest BCUT2D eigenvalue weighted by atomic mass is 9.99. The van der Waals surface area contributed by atoms with Gasteiger partial charge in [-0.1, -0.05) is 152 Å². The molecule has 0 unspecified atom stereocenters. The number of para-hydroxylation sites is 2. The van der Waals surface area contributed by atoms with Crippen LogP contribution in [0.15, 0.2) is 215 Å². The van der Waals surface area contributed by atoms with Crippen LogP contribution in [0.2, 0.25) is 0 Å². The molecule has 0 radical (unpaired) electrons. The summed E-state index contributed by atoms with van der Waals surface area (Å²) in [5, 5.41) is 6.48. The van der Waals surface area contributed by atoms with Crippen LogP contribution >= 0.6 is 0 Å². The predicted molar refractivity (Wildman–Crippen MR) is 256 cm³/mol. The van der Waals surface area contributed by atoms with Gasteiger partial charge in [-0.25, -0.2) is 15.0 Å². The molecule has 0 saturated heterocycles. The van der Waals surface area contributed by atoms with Gasteiger partial charge in [0.25, 0.3) is 0 Å². The summed E-state index contributed by atoms with van der Waals surface area (Å²) in [6.45, 7) is 0. The van der Waals surface area contributed by atoms with Crippen molar-refractivity contribution >= 4 is 65.7 Å². The molecular formula is C57H34N4O2. The van der Waals surface area contributed by atoms with Crippen LogP contribution in [0.5, 0.6) is 0 Å². The van der Waals surface area contributed by atoms with E-state index in [9.17, 15) is 0 Å². The van der Waals surface area contributed by atoms with Gasteiger partial charge in [-0.15, -0.1) is 0 Å². The van der Waals surface area contributed by atoms with E-state index in [-0.39, 0.29) is 0 Å². The standard InChI is InChI=1S/C57H34N4O2/c1-3-13-35(14-4-1)36-25-27-38(28-26-36)55-58-56(39-29-31-44-51(33-39)62-49-23-11-19-41(53(44)49)37-15-5-2-6-16-37)60-57(59-55)46-20-12-24-50-54(46)45-32-30-40(34-52(45)63-50)61-47-21-9-7-17-42(47)43-18-8-10-22-48(43)61/h1-34H. The first-order valence-corrected chi connectivity index (χ1v) is 21.1. The zero-order valence-corrected chi connectivity index (χ0v) is 33.7. The van der Waals surface area contributed by atoms with Crippen LogP contribution in [-0.4, -0.2) is 19.5 Å². The number of benzene rings is 9. The lowest BCUT2D eigenvalue weighted by Crippen LogP contribution is -2.00. The number of furan rings is 2. The minimum absolute atomic E-state index is 0.547. The highest BCUT2D eigenvalue weighted by Gasteiger charge is 2.21. The lowest BCUT2D eigenvalue weighted by Gasteiger charge is -2.10. The number of hydrogen-bond donors (Lipinski definition) is 0. The molecule has 0 fully saturated rings. The first-order chi connectivity index (χ1) is 31.2. The Morgan fingerprint density at radius 2 is 0.794 bits per heavy atom. The van der Waals surface area contributed by atoms with Crippen molar-refractivity contribution in [1.82, 2.24) is 19.5 Å². The number of fused-ring (bicyclic) bond motifs is 9. The summed E-state index contributed by atoms with van der Waals surface area (Å²) in [5.74, 6) is 1.67. The van der Waals surface area contributed by atoms with E-state index in [2.05, 4.69) is 174 Å². The number of hydrogen-bond acceptors (Lipinski definition) is 5. The molecule has 0 amide bonds. The molecule has 0 spiro atoms. The van der Waals surface area contributed by atoms with Crippen LogP contribution in [-0.2, 0) is 0 Å². The Morgan fingerprint density at radius 1 is 0.302 bits per heavy atom. The third-order valence-corrected chi connectivity index (χ3v) is 12.3. The maximum Gasteiger partial charge on any atom is 0.164 e. The van der Waals surface area contributed by atoms with E-state index in [0.29, 0.717) is 17.5 Å². The van der Waals surface area contributed by atoms with Crippen molar-refractivity contribution in [1.29, 1.82) is 0 Å². The largest absolute Gasteiger partial charge is 0.456 e. The molecule has 0 saturated carbocycles. The minimum atomic E-state index is 0.547. The second-order valence-electron chi connectivity index (χ2n) is 15.9. The summed E-state index contributed by atoms with van der Waals surface area (Å²) in [5.41, 5.74) is 13.6. The van der Waals surface area contributed by atoms with Crippen molar-refractivity contribution < 1.29 is 8.83 Å². The summed E-state index contributed by atoms with van der Waals surface area (Å²) in [4.78, 5) is 15.6. The fourth-order valence-electron chi connectivity index (χ4n) is 9.36. The van der Waals surface area contributed by atoms with Crippen LogP contribution in [0.25, 0.3) is 128 Å². The van der Waals surface area contributed by atoms with Crippen molar-refractivity contribution in [3.8, 4) is 62.1 Å². The van der Waals surface area contributed by atoms with Gasteiger partial charge in [-0.2, -0.15) is 0 Å². The fourth-order valence-corrected chi connectivity index (χ4v) is 9.36. The van der Waals surface area contributed by atoms with E-state index >= 15 is 0 Å². The quantitative estimate of drug-likeness (QED) is 0.167. The van der Waals surface area contributed by atoms with Gasteiger partial charge < -0.3 is 13.4 Å². The lowest BCUT2D eigenvalue weighted by molar-refractivity contribution is 0.668. The van der Waals surface area contributed by atoms with E-state index < -0.39 is 0 Å². The normalized spacial score (nSPS) is 11.8. The zero-order valence-electron chi connectivity index (χ0n) is 33.7. The maximum atomic E-state index is 6.68. The molecule has 0 aliphatic heterocycles. The molecule has 0 atom stereocenters. The third-order valence-electron chi connectivity index (χ3n) is 12.3. The Bertz CT molecular complexity index is 3850. The van der Waals surface area contributed by atoms with Gasteiger partial charge in [0, 0.05) is 60.8 Å². The van der Waals surface area contributed by atoms with Gasteiger partial charge >= 0.3 is 0 Å². The van der Waals surface area contributed by atoms with Gasteiger partial charge in [-0.3, -0.25) is 0 Å². The molecule has 4 heterocycles. The molecular weight excluding hydrogens is 773 g/mol. The van der Waals surface area contributed by atoms with Gasteiger partial charge in [0.05, 0.1) is 11.0 Å². The molecule has 0 N–H and O–H groups in total. The van der Waals surface area contributed by atoms with Crippen molar-refractivity contribution in [2.75, 3.05) is 0 Å². The van der Waals surface area contributed by atoms with Gasteiger partial charge in [0.1, 0.15) is 22.3 Å². The fraction of sp³-hybridized carbons (Fsp3) is 0. The van der Waals surface area contributed by atoms with Crippen LogP contribution in [0.4, 0.5) is 0 Å². The molecule has 0 aliphatic carbocycles. The van der Waals surface area contributed by atoms with E-state index in [1.54, 1.807) is 0 Å². The van der Waals surface area contributed by atoms with E-state index in [4.69, 9.17) is 23.8 Å². The highest BCUT2D eigenvalue weighted by Crippen LogP contribution is 2.41. The first kappa shape index (κ1) is 35.2. The van der Waals surface area contributed by atoms with Crippen LogP contribution < -0.4 is 0 Å². The monoisotopic (exact) mass is 806 g/mol. The maximum absolute atomic E-state index is 6.68. The zero-order chi connectivity index (χ0) is 41.4. The SMILES string of the molecule is c1ccc(-c2ccc(-c3nc(-c4ccc5c(c4)oc4cccc(-c6ccccc6)c45)nc(-c4cccc5oc6cc(-n7c8ccccc8c8ccccc87)ccc6c45)n3)cc2)cc1. The Balaban J connectivity index is 0.983. The number of rotatable bonds is 6. The molecule has 63 heavy (non-hydrogen) atoms. The number of nitrogens with zero attached hydrogens (tertiary/aromatic N) is 4. The van der Waals surface area contributed by atoms with Gasteiger partial charge in [0.15, 0.2) is 17.5 Å². The topological polar surface area (TPSA) is 69.9 Å². The summed E-state index contributed by atoms with van der Waals surface area (Å²) in [6, 6.07) is 71.4. The molecule has 0 bridgehead atoms. The second kappa shape index (κ2) is 14.0. The molecule has 0 aliphatic rings. The minimum Gasteiger partial charge on any atom is -0.456 e. The summed E-state index contributed by atoms with van der Waals surface area (Å²) >= 11 is 0. The molecule has 9 aromatic carbocycles. The Labute approximate surface area is 361 Å². The highest BCUT2D eigenvalue weighted by atomic mass is 16.3. The Morgan fingerprint density at radius 3 is 1.48 bits per heavy atom. The molecule has 13 rings (SSSR count). The summed E-state index contributed by atoms with van der Waals surface area (Å²) in [6.07, 6.45) is 0. The van der Waals surface area contributed by atoms with Gasteiger partial charge in [-0.05, 0) is 70.8 Å². The van der Waals surface area contributed by atoms with Crippen molar-refractivity contribution in [3.05, 3.63) is 206 Å². The van der Waals surface area contributed by atoms with Crippen molar-refractivity contribution in [2.24, 2.45) is 0 Å². The van der Waals surface area contributed by atoms with Gasteiger partial charge in [0.2, 0.25) is 0 Å². The molecule has 6 heteroatoms. The third kappa shape index (κ3) is 5.69. The Kier molecular flexibility index (Phi) is 7.80. The second-order valence-corrected chi connectivity index (χ2v) is 15.9. The number of aromatic nitrogens is 4. The first-order valence-electron chi connectivity index (χ1n) is 21.1. The predicted octanol–water partition coefficient (Wildman–Crippen LogP) is 15.1. The van der Waals surface area contributed by atoms with Crippen LogP contribution in [0.1, 0.15) is 0 Å². The average molecular weight is 807 g/mol.